The largest absolute Gasteiger partial charge is 0.493 e. The summed E-state index contributed by atoms with van der Waals surface area (Å²) in [6, 6.07) is 28.3. The predicted molar refractivity (Wildman–Crippen MR) is 162 cm³/mol. The van der Waals surface area contributed by atoms with Gasteiger partial charge in [-0.05, 0) is 72.4 Å². The van der Waals surface area contributed by atoms with Crippen molar-refractivity contribution in [3.8, 4) is 11.5 Å². The maximum absolute atomic E-state index is 13.7. The van der Waals surface area contributed by atoms with Crippen molar-refractivity contribution in [3.05, 3.63) is 124 Å². The van der Waals surface area contributed by atoms with Gasteiger partial charge in [-0.1, -0.05) is 71.7 Å². The predicted octanol–water partition coefficient (Wildman–Crippen LogP) is 7.33. The number of hydrogen-bond acceptors (Lipinski definition) is 5. The number of amides is 2. The normalized spacial score (nSPS) is 13.5. The highest BCUT2D eigenvalue weighted by atomic mass is 35.5. The third kappa shape index (κ3) is 5.58. The number of methoxy groups -OCH3 is 1. The maximum atomic E-state index is 13.7. The lowest BCUT2D eigenvalue weighted by molar-refractivity contribution is -0.120. The van der Waals surface area contributed by atoms with E-state index in [4.69, 9.17) is 44.9 Å². The van der Waals surface area contributed by atoms with Gasteiger partial charge in [-0.2, -0.15) is 0 Å². The molecule has 0 radical (unpaired) electrons. The molecule has 0 spiro atoms. The average molecular weight is 590 g/mol. The van der Waals surface area contributed by atoms with Gasteiger partial charge in [-0.3, -0.25) is 19.4 Å². The first-order valence-electron chi connectivity index (χ1n) is 12.2. The molecule has 1 heterocycles. The molecule has 6 nitrogen and oxygen atoms in total. The van der Waals surface area contributed by atoms with Crippen LogP contribution in [0, 0.1) is 0 Å². The third-order valence-corrected chi connectivity index (χ3v) is 7.13. The van der Waals surface area contributed by atoms with Crippen molar-refractivity contribution in [2.24, 2.45) is 0 Å². The minimum atomic E-state index is -0.523. The van der Waals surface area contributed by atoms with E-state index >= 15 is 0 Å². The molecule has 0 unspecified atom stereocenters. The van der Waals surface area contributed by atoms with Crippen LogP contribution in [0.2, 0.25) is 10.0 Å². The van der Waals surface area contributed by atoms with Crippen LogP contribution in [0.1, 0.15) is 11.1 Å². The molecule has 0 saturated carbocycles. The number of carbonyl (C=O) groups excluding carboxylic acids is 2. The minimum Gasteiger partial charge on any atom is -0.493 e. The molecule has 2 amide bonds. The number of benzene rings is 4. The Morgan fingerprint density at radius 2 is 1.38 bits per heavy atom. The Labute approximate surface area is 246 Å². The van der Waals surface area contributed by atoms with Crippen LogP contribution in [-0.2, 0) is 16.2 Å². The number of hydrogen-bond donors (Lipinski definition) is 0. The van der Waals surface area contributed by atoms with Crippen LogP contribution in [0.15, 0.2) is 103 Å². The Bertz CT molecular complexity index is 1560. The molecular weight excluding hydrogens is 567 g/mol. The van der Waals surface area contributed by atoms with E-state index < -0.39 is 11.8 Å². The molecule has 1 saturated heterocycles. The summed E-state index contributed by atoms with van der Waals surface area (Å²) in [7, 11) is 1.51. The van der Waals surface area contributed by atoms with Gasteiger partial charge in [-0.15, -0.1) is 0 Å². The lowest BCUT2D eigenvalue weighted by Gasteiger charge is -2.36. The monoisotopic (exact) mass is 588 g/mol. The summed E-state index contributed by atoms with van der Waals surface area (Å²) >= 11 is 17.9. The zero-order valence-electron chi connectivity index (χ0n) is 21.2. The lowest BCUT2D eigenvalue weighted by Crippen LogP contribution is -2.56. The summed E-state index contributed by atoms with van der Waals surface area (Å²) in [5.41, 5.74) is 2.39. The van der Waals surface area contributed by atoms with Gasteiger partial charge in [0.2, 0.25) is 0 Å². The van der Waals surface area contributed by atoms with E-state index in [-0.39, 0.29) is 17.3 Å². The number of ether oxygens (including phenoxy) is 2. The second-order valence-electron chi connectivity index (χ2n) is 8.73. The van der Waals surface area contributed by atoms with Gasteiger partial charge in [0.15, 0.2) is 16.6 Å². The number of carbonyl (C=O) groups is 2. The number of para-hydroxylation sites is 2. The summed E-state index contributed by atoms with van der Waals surface area (Å²) < 4.78 is 11.5. The van der Waals surface area contributed by atoms with Crippen molar-refractivity contribution in [1.82, 2.24) is 0 Å². The van der Waals surface area contributed by atoms with Crippen LogP contribution in [0.5, 0.6) is 11.5 Å². The highest BCUT2D eigenvalue weighted by Crippen LogP contribution is 2.33. The number of anilines is 2. The first kappa shape index (κ1) is 27.4. The summed E-state index contributed by atoms with van der Waals surface area (Å²) in [6.45, 7) is 0.194. The molecule has 1 aliphatic heterocycles. The highest BCUT2D eigenvalue weighted by molar-refractivity contribution is 7.81. The van der Waals surface area contributed by atoms with Crippen molar-refractivity contribution in [2.45, 2.75) is 6.61 Å². The zero-order chi connectivity index (χ0) is 28.2. The number of thiocarbonyl (C=S) groups is 1. The van der Waals surface area contributed by atoms with Gasteiger partial charge in [0.25, 0.3) is 11.8 Å². The molecule has 0 N–H and O–H groups in total. The third-order valence-electron chi connectivity index (χ3n) is 6.18. The van der Waals surface area contributed by atoms with Gasteiger partial charge < -0.3 is 9.47 Å². The SMILES string of the molecule is COc1cc(C=C2C(=O)N(c3ccccc3)C(=S)N(c3ccccc3)C2=O)ccc1OCc1ccc(Cl)cc1Cl. The molecular formula is C31H22Cl2N2O4S. The molecule has 1 fully saturated rings. The molecule has 4 aromatic rings. The van der Waals surface area contributed by atoms with Gasteiger partial charge >= 0.3 is 0 Å². The van der Waals surface area contributed by atoms with Crippen molar-refractivity contribution in [3.63, 3.8) is 0 Å². The molecule has 0 bridgehead atoms. The minimum absolute atomic E-state index is 0.0510. The van der Waals surface area contributed by atoms with E-state index in [1.54, 1.807) is 84.9 Å². The van der Waals surface area contributed by atoms with E-state index in [2.05, 4.69) is 0 Å². The van der Waals surface area contributed by atoms with Crippen molar-refractivity contribution in [2.75, 3.05) is 16.9 Å². The summed E-state index contributed by atoms with van der Waals surface area (Å²) in [5.74, 6) is -0.157. The van der Waals surface area contributed by atoms with E-state index in [1.807, 2.05) is 12.1 Å². The van der Waals surface area contributed by atoms with Gasteiger partial charge in [-0.25, -0.2) is 0 Å². The molecule has 40 heavy (non-hydrogen) atoms. The fourth-order valence-corrected chi connectivity index (χ4v) is 5.03. The molecule has 200 valence electrons. The van der Waals surface area contributed by atoms with Crippen LogP contribution in [0.3, 0.4) is 0 Å². The fourth-order valence-electron chi connectivity index (χ4n) is 4.19. The quantitative estimate of drug-likeness (QED) is 0.128. The molecule has 1 aliphatic rings. The van der Waals surface area contributed by atoms with Crippen LogP contribution in [-0.4, -0.2) is 24.0 Å². The topological polar surface area (TPSA) is 59.1 Å². The Balaban J connectivity index is 1.50. The second-order valence-corrected chi connectivity index (χ2v) is 9.94. The summed E-state index contributed by atoms with van der Waals surface area (Å²) in [5, 5.41) is 1.10. The fraction of sp³-hybridized carbons (Fsp3) is 0.0645. The number of nitrogens with zero attached hydrogens (tertiary/aromatic N) is 2. The molecule has 4 aromatic carbocycles. The molecule has 5 rings (SSSR count). The Morgan fingerprint density at radius 3 is 1.93 bits per heavy atom. The van der Waals surface area contributed by atoms with Crippen LogP contribution < -0.4 is 19.3 Å². The second kappa shape index (κ2) is 11.9. The molecule has 0 aromatic heterocycles. The average Bonchev–Trinajstić information content (AvgIpc) is 2.96. The van der Waals surface area contributed by atoms with Crippen LogP contribution in [0.25, 0.3) is 6.08 Å². The maximum Gasteiger partial charge on any atom is 0.270 e. The number of halogens is 2. The van der Waals surface area contributed by atoms with Crippen molar-refractivity contribution in [1.29, 1.82) is 0 Å². The van der Waals surface area contributed by atoms with Gasteiger partial charge in [0.05, 0.1) is 18.5 Å². The number of rotatable bonds is 7. The first-order chi connectivity index (χ1) is 19.4. The van der Waals surface area contributed by atoms with Crippen molar-refractivity contribution >= 4 is 69.8 Å². The van der Waals surface area contributed by atoms with E-state index in [9.17, 15) is 9.59 Å². The summed E-state index contributed by atoms with van der Waals surface area (Å²) in [4.78, 5) is 30.1. The van der Waals surface area contributed by atoms with Gasteiger partial charge in [0, 0.05) is 15.6 Å². The molecule has 0 aliphatic carbocycles. The Kier molecular flexibility index (Phi) is 8.16. The molecule has 9 heteroatoms. The first-order valence-corrected chi connectivity index (χ1v) is 13.3. The standard InChI is InChI=1S/C31H22Cl2N2O4S/c1-38-28-17-20(12-15-27(28)39-19-21-13-14-22(32)18-26(21)33)16-25-29(36)34(23-8-4-2-5-9-23)31(40)35(30(25)37)24-10-6-3-7-11-24/h2-18H,19H2,1H3. The zero-order valence-corrected chi connectivity index (χ0v) is 23.5. The Hall–Kier alpha value is -4.17. The lowest BCUT2D eigenvalue weighted by atomic mass is 10.0. The van der Waals surface area contributed by atoms with Crippen LogP contribution >= 0.6 is 35.4 Å². The smallest absolute Gasteiger partial charge is 0.270 e. The van der Waals surface area contributed by atoms with Crippen molar-refractivity contribution < 1.29 is 19.1 Å². The Morgan fingerprint density at radius 1 is 0.775 bits per heavy atom. The highest BCUT2D eigenvalue weighted by Gasteiger charge is 2.41. The van der Waals surface area contributed by atoms with E-state index in [0.717, 1.165) is 5.56 Å². The van der Waals surface area contributed by atoms with E-state index in [0.29, 0.717) is 38.5 Å². The summed E-state index contributed by atoms with van der Waals surface area (Å²) in [6.07, 6.45) is 1.53. The van der Waals surface area contributed by atoms with Crippen LogP contribution in [0.4, 0.5) is 11.4 Å². The van der Waals surface area contributed by atoms with E-state index in [1.165, 1.54) is 23.0 Å². The molecule has 0 atom stereocenters. The van der Waals surface area contributed by atoms with Gasteiger partial charge in [0.1, 0.15) is 12.2 Å².